The number of ether oxygens (including phenoxy) is 1. The standard InChI is InChI=1S/C13H22N4O/c1-4-14-11-9-12(17(2)7-8-18-3)16-13(15-11)10-5-6-10/h9-10H,4-8H2,1-3H3,(H,14,15,16). The van der Waals surface area contributed by atoms with E-state index in [-0.39, 0.29) is 0 Å². The topological polar surface area (TPSA) is 50.3 Å². The molecule has 2 rings (SSSR count). The molecule has 0 spiro atoms. The zero-order valence-electron chi connectivity index (χ0n) is 11.4. The normalized spacial score (nSPS) is 14.6. The van der Waals surface area contributed by atoms with E-state index >= 15 is 0 Å². The molecule has 1 N–H and O–H groups in total. The molecule has 18 heavy (non-hydrogen) atoms. The molecule has 100 valence electrons. The monoisotopic (exact) mass is 250 g/mol. The maximum atomic E-state index is 5.10. The second-order valence-corrected chi connectivity index (χ2v) is 4.69. The average Bonchev–Trinajstić information content (AvgIpc) is 3.20. The predicted octanol–water partition coefficient (Wildman–Crippen LogP) is 1.87. The van der Waals surface area contributed by atoms with Gasteiger partial charge in [-0.15, -0.1) is 0 Å². The third-order valence-corrected chi connectivity index (χ3v) is 3.05. The van der Waals surface area contributed by atoms with Crippen LogP contribution in [0.2, 0.25) is 0 Å². The van der Waals surface area contributed by atoms with Crippen LogP contribution in [0, 0.1) is 0 Å². The Hall–Kier alpha value is -1.36. The average molecular weight is 250 g/mol. The molecule has 5 nitrogen and oxygen atoms in total. The summed E-state index contributed by atoms with van der Waals surface area (Å²) in [5, 5.41) is 3.27. The van der Waals surface area contributed by atoms with Crippen LogP contribution in [0.25, 0.3) is 0 Å². The third kappa shape index (κ3) is 3.32. The van der Waals surface area contributed by atoms with Gasteiger partial charge in [-0.3, -0.25) is 0 Å². The van der Waals surface area contributed by atoms with Gasteiger partial charge in [0.25, 0.3) is 0 Å². The molecule has 1 heterocycles. The number of hydrogen-bond donors (Lipinski definition) is 1. The van der Waals surface area contributed by atoms with Gasteiger partial charge in [0.2, 0.25) is 0 Å². The number of nitrogens with zero attached hydrogens (tertiary/aromatic N) is 3. The number of rotatable bonds is 7. The highest BCUT2D eigenvalue weighted by Gasteiger charge is 2.27. The van der Waals surface area contributed by atoms with Gasteiger partial charge < -0.3 is 15.0 Å². The van der Waals surface area contributed by atoms with E-state index in [1.807, 2.05) is 13.1 Å². The van der Waals surface area contributed by atoms with Crippen LogP contribution in [0.15, 0.2) is 6.07 Å². The maximum Gasteiger partial charge on any atom is 0.136 e. The molecule has 0 radical (unpaired) electrons. The van der Waals surface area contributed by atoms with Crippen molar-refractivity contribution in [3.63, 3.8) is 0 Å². The second-order valence-electron chi connectivity index (χ2n) is 4.69. The van der Waals surface area contributed by atoms with Gasteiger partial charge in [0.15, 0.2) is 0 Å². The van der Waals surface area contributed by atoms with Crippen molar-refractivity contribution >= 4 is 11.6 Å². The first-order chi connectivity index (χ1) is 8.74. The van der Waals surface area contributed by atoms with Crippen LogP contribution in [-0.2, 0) is 4.74 Å². The first-order valence-corrected chi connectivity index (χ1v) is 6.57. The zero-order chi connectivity index (χ0) is 13.0. The number of likely N-dealkylation sites (N-methyl/N-ethyl adjacent to an activating group) is 1. The summed E-state index contributed by atoms with van der Waals surface area (Å²) < 4.78 is 5.10. The molecule has 5 heteroatoms. The SMILES string of the molecule is CCNc1cc(N(C)CCOC)nc(C2CC2)n1. The van der Waals surface area contributed by atoms with E-state index in [0.29, 0.717) is 12.5 Å². The quantitative estimate of drug-likeness (QED) is 0.800. The molecule has 1 aromatic rings. The minimum absolute atomic E-state index is 0.568. The highest BCUT2D eigenvalue weighted by atomic mass is 16.5. The zero-order valence-corrected chi connectivity index (χ0v) is 11.4. The van der Waals surface area contributed by atoms with Crippen LogP contribution in [0.1, 0.15) is 31.5 Å². The molecular weight excluding hydrogens is 228 g/mol. The van der Waals surface area contributed by atoms with Crippen molar-refractivity contribution in [2.24, 2.45) is 0 Å². The van der Waals surface area contributed by atoms with Crippen LogP contribution in [0.3, 0.4) is 0 Å². The Morgan fingerprint density at radius 3 is 2.83 bits per heavy atom. The summed E-state index contributed by atoms with van der Waals surface area (Å²) >= 11 is 0. The van der Waals surface area contributed by atoms with Gasteiger partial charge in [-0.1, -0.05) is 0 Å². The van der Waals surface area contributed by atoms with Crippen LogP contribution >= 0.6 is 0 Å². The Kier molecular flexibility index (Phi) is 4.36. The molecule has 1 aliphatic carbocycles. The Morgan fingerprint density at radius 1 is 1.44 bits per heavy atom. The molecule has 1 fully saturated rings. The number of aromatic nitrogens is 2. The molecule has 0 bridgehead atoms. The summed E-state index contributed by atoms with van der Waals surface area (Å²) in [7, 11) is 3.75. The van der Waals surface area contributed by atoms with Crippen molar-refractivity contribution < 1.29 is 4.74 Å². The lowest BCUT2D eigenvalue weighted by Gasteiger charge is -2.19. The summed E-state index contributed by atoms with van der Waals surface area (Å²) in [6.07, 6.45) is 2.44. The molecule has 0 saturated heterocycles. The molecule has 1 aromatic heterocycles. The van der Waals surface area contributed by atoms with Crippen molar-refractivity contribution in [2.75, 3.05) is 44.1 Å². The number of methoxy groups -OCH3 is 1. The van der Waals surface area contributed by atoms with Crippen LogP contribution in [-0.4, -0.2) is 43.8 Å². The Labute approximate surface area is 109 Å². The van der Waals surface area contributed by atoms with Crippen molar-refractivity contribution in [1.82, 2.24) is 9.97 Å². The van der Waals surface area contributed by atoms with Crippen molar-refractivity contribution in [1.29, 1.82) is 0 Å². The lowest BCUT2D eigenvalue weighted by molar-refractivity contribution is 0.206. The van der Waals surface area contributed by atoms with E-state index in [1.165, 1.54) is 12.8 Å². The van der Waals surface area contributed by atoms with Gasteiger partial charge in [-0.25, -0.2) is 9.97 Å². The molecule has 0 unspecified atom stereocenters. The molecule has 1 saturated carbocycles. The largest absolute Gasteiger partial charge is 0.383 e. The maximum absolute atomic E-state index is 5.10. The van der Waals surface area contributed by atoms with Crippen LogP contribution in [0.5, 0.6) is 0 Å². The molecule has 0 amide bonds. The molecule has 1 aliphatic rings. The first-order valence-electron chi connectivity index (χ1n) is 6.57. The minimum atomic E-state index is 0.568. The highest BCUT2D eigenvalue weighted by molar-refractivity contribution is 5.49. The fourth-order valence-electron chi connectivity index (χ4n) is 1.79. The summed E-state index contributed by atoms with van der Waals surface area (Å²) in [5.41, 5.74) is 0. The van der Waals surface area contributed by atoms with E-state index in [4.69, 9.17) is 4.74 Å². The Balaban J connectivity index is 2.16. The second kappa shape index (κ2) is 6.00. The molecular formula is C13H22N4O. The smallest absolute Gasteiger partial charge is 0.136 e. The van der Waals surface area contributed by atoms with Crippen molar-refractivity contribution in [3.05, 3.63) is 11.9 Å². The summed E-state index contributed by atoms with van der Waals surface area (Å²) in [6.45, 7) is 4.49. The van der Waals surface area contributed by atoms with E-state index < -0.39 is 0 Å². The van der Waals surface area contributed by atoms with Gasteiger partial charge in [0.05, 0.1) is 6.61 Å². The Bertz CT molecular complexity index is 393. The molecule has 0 atom stereocenters. The van der Waals surface area contributed by atoms with Gasteiger partial charge in [0.1, 0.15) is 17.5 Å². The first kappa shape index (κ1) is 13.1. The predicted molar refractivity (Wildman–Crippen MR) is 73.3 cm³/mol. The van der Waals surface area contributed by atoms with Crippen molar-refractivity contribution in [3.8, 4) is 0 Å². The van der Waals surface area contributed by atoms with E-state index in [0.717, 1.165) is 30.5 Å². The molecule has 0 aromatic carbocycles. The number of anilines is 2. The fraction of sp³-hybridized carbons (Fsp3) is 0.692. The number of hydrogen-bond acceptors (Lipinski definition) is 5. The third-order valence-electron chi connectivity index (χ3n) is 3.05. The summed E-state index contributed by atoms with van der Waals surface area (Å²) in [4.78, 5) is 11.3. The fourth-order valence-corrected chi connectivity index (χ4v) is 1.79. The van der Waals surface area contributed by atoms with Crippen LogP contribution < -0.4 is 10.2 Å². The summed E-state index contributed by atoms with van der Waals surface area (Å²) in [6, 6.07) is 2.00. The number of nitrogens with one attached hydrogen (secondary N) is 1. The van der Waals surface area contributed by atoms with E-state index in [1.54, 1.807) is 7.11 Å². The summed E-state index contributed by atoms with van der Waals surface area (Å²) in [5.74, 6) is 3.44. The Morgan fingerprint density at radius 2 is 2.22 bits per heavy atom. The minimum Gasteiger partial charge on any atom is -0.383 e. The van der Waals surface area contributed by atoms with E-state index in [2.05, 4.69) is 27.1 Å². The lowest BCUT2D eigenvalue weighted by atomic mass is 10.3. The van der Waals surface area contributed by atoms with Crippen LogP contribution in [0.4, 0.5) is 11.6 Å². The van der Waals surface area contributed by atoms with Gasteiger partial charge >= 0.3 is 0 Å². The van der Waals surface area contributed by atoms with Crippen molar-refractivity contribution in [2.45, 2.75) is 25.7 Å². The van der Waals surface area contributed by atoms with Gasteiger partial charge in [-0.2, -0.15) is 0 Å². The van der Waals surface area contributed by atoms with E-state index in [9.17, 15) is 0 Å². The molecule has 0 aliphatic heterocycles. The van der Waals surface area contributed by atoms with Gasteiger partial charge in [-0.05, 0) is 19.8 Å². The highest BCUT2D eigenvalue weighted by Crippen LogP contribution is 2.39. The lowest BCUT2D eigenvalue weighted by Crippen LogP contribution is -2.24. The van der Waals surface area contributed by atoms with Gasteiger partial charge in [0, 0.05) is 39.2 Å².